The van der Waals surface area contributed by atoms with Crippen molar-refractivity contribution in [3.05, 3.63) is 131 Å². The number of nitrogens with zero attached hydrogens (tertiary/aromatic N) is 1. The van der Waals surface area contributed by atoms with Gasteiger partial charge in [-0.05, 0) is 41.0 Å². The number of hydrogen-bond donors (Lipinski definition) is 3. The van der Waals surface area contributed by atoms with E-state index in [1.165, 1.54) is 11.8 Å². The predicted molar refractivity (Wildman–Crippen MR) is 154 cm³/mol. The van der Waals surface area contributed by atoms with Crippen LogP contribution in [0.2, 0.25) is 0 Å². The molecule has 9 heteroatoms. The maximum absolute atomic E-state index is 12.4. The van der Waals surface area contributed by atoms with E-state index in [0.717, 1.165) is 22.3 Å². The number of pyridine rings is 1. The number of benzene rings is 3. The fourth-order valence-electron chi connectivity index (χ4n) is 4.53. The van der Waals surface area contributed by atoms with Crippen molar-refractivity contribution in [1.82, 2.24) is 10.3 Å². The fraction of sp³-hybridized carbons (Fsp3) is 0.219. The van der Waals surface area contributed by atoms with Gasteiger partial charge in [-0.1, -0.05) is 66.7 Å². The number of amides is 1. The summed E-state index contributed by atoms with van der Waals surface area (Å²) in [5, 5.41) is 22.3. The van der Waals surface area contributed by atoms with Gasteiger partial charge in [-0.25, -0.2) is 9.78 Å². The van der Waals surface area contributed by atoms with Crippen molar-refractivity contribution in [2.45, 2.75) is 43.1 Å². The summed E-state index contributed by atoms with van der Waals surface area (Å²) < 4.78 is 12.8. The Morgan fingerprint density at radius 2 is 1.59 bits per heavy atom. The summed E-state index contributed by atoms with van der Waals surface area (Å²) >= 11 is 1.35. The van der Waals surface area contributed by atoms with Gasteiger partial charge in [0, 0.05) is 36.0 Å². The number of carboxylic acid groups (broad SMARTS) is 1. The molecule has 0 radical (unpaired) electrons. The van der Waals surface area contributed by atoms with E-state index < -0.39 is 12.3 Å². The van der Waals surface area contributed by atoms with Crippen LogP contribution in [-0.2, 0) is 22.6 Å². The Balaban J connectivity index is 1.29. The lowest BCUT2D eigenvalue weighted by molar-refractivity contribution is -0.245. The zero-order valence-electron chi connectivity index (χ0n) is 22.2. The van der Waals surface area contributed by atoms with Gasteiger partial charge in [0.2, 0.25) is 0 Å². The Morgan fingerprint density at radius 1 is 0.878 bits per heavy atom. The highest BCUT2D eigenvalue weighted by Crippen LogP contribution is 2.39. The first kappa shape index (κ1) is 28.5. The van der Waals surface area contributed by atoms with E-state index in [1.54, 1.807) is 30.5 Å². The molecule has 0 spiro atoms. The Kier molecular flexibility index (Phi) is 9.43. The minimum atomic E-state index is -1.02. The van der Waals surface area contributed by atoms with E-state index >= 15 is 0 Å². The third-order valence-electron chi connectivity index (χ3n) is 6.76. The summed E-state index contributed by atoms with van der Waals surface area (Å²) in [5.41, 5.74) is 4.32. The van der Waals surface area contributed by atoms with E-state index in [0.29, 0.717) is 29.3 Å². The van der Waals surface area contributed by atoms with Gasteiger partial charge in [0.25, 0.3) is 5.91 Å². The normalized spacial score (nSPS) is 18.5. The Labute approximate surface area is 242 Å². The van der Waals surface area contributed by atoms with Crippen LogP contribution < -0.4 is 5.32 Å². The van der Waals surface area contributed by atoms with Gasteiger partial charge < -0.3 is 25.0 Å². The molecule has 210 valence electrons. The SMILES string of the molecule is O=C(NCc1ccc(C2OC(CSc3ncccc3C(=O)O)CC(c3ccc(CO)cc3)O2)cc1)c1ccccc1. The second kappa shape index (κ2) is 13.6. The second-order valence-electron chi connectivity index (χ2n) is 9.61. The van der Waals surface area contributed by atoms with E-state index in [4.69, 9.17) is 9.47 Å². The third kappa shape index (κ3) is 7.39. The highest BCUT2D eigenvalue weighted by atomic mass is 32.2. The number of rotatable bonds is 10. The molecule has 3 unspecified atom stereocenters. The van der Waals surface area contributed by atoms with Crippen LogP contribution in [0.15, 0.2) is 102 Å². The largest absolute Gasteiger partial charge is 0.478 e. The van der Waals surface area contributed by atoms with Crippen molar-refractivity contribution in [1.29, 1.82) is 0 Å². The number of carbonyl (C=O) groups is 2. The number of aromatic carboxylic acids is 1. The fourth-order valence-corrected chi connectivity index (χ4v) is 5.53. The molecule has 0 saturated carbocycles. The molecule has 1 saturated heterocycles. The minimum absolute atomic E-state index is 0.0368. The minimum Gasteiger partial charge on any atom is -0.478 e. The molecule has 2 heterocycles. The van der Waals surface area contributed by atoms with E-state index in [1.807, 2.05) is 66.7 Å². The van der Waals surface area contributed by atoms with Crippen LogP contribution >= 0.6 is 11.8 Å². The van der Waals surface area contributed by atoms with Crippen LogP contribution in [0.1, 0.15) is 61.8 Å². The summed E-state index contributed by atoms with van der Waals surface area (Å²) in [5.74, 6) is -0.664. The molecule has 0 aliphatic carbocycles. The number of carbonyl (C=O) groups excluding carboxylic acids is 1. The molecule has 3 aromatic carbocycles. The molecular formula is C32H30N2O6S. The smallest absolute Gasteiger partial charge is 0.338 e. The third-order valence-corrected chi connectivity index (χ3v) is 7.90. The Hall–Kier alpha value is -4.02. The monoisotopic (exact) mass is 570 g/mol. The average Bonchev–Trinajstić information content (AvgIpc) is 3.03. The van der Waals surface area contributed by atoms with Crippen molar-refractivity contribution in [3.63, 3.8) is 0 Å². The van der Waals surface area contributed by atoms with Crippen molar-refractivity contribution < 1.29 is 29.3 Å². The highest BCUT2D eigenvalue weighted by molar-refractivity contribution is 7.99. The summed E-state index contributed by atoms with van der Waals surface area (Å²) in [4.78, 5) is 28.3. The maximum Gasteiger partial charge on any atom is 0.338 e. The van der Waals surface area contributed by atoms with Gasteiger partial charge in [0.15, 0.2) is 6.29 Å². The maximum atomic E-state index is 12.4. The molecule has 8 nitrogen and oxygen atoms in total. The van der Waals surface area contributed by atoms with Crippen LogP contribution in [0, 0.1) is 0 Å². The lowest BCUT2D eigenvalue weighted by atomic mass is 10.0. The summed E-state index contributed by atoms with van der Waals surface area (Å²) in [6.07, 6.45) is 1.00. The van der Waals surface area contributed by atoms with E-state index in [9.17, 15) is 19.8 Å². The molecule has 3 atom stereocenters. The van der Waals surface area contributed by atoms with Crippen molar-refractivity contribution in [2.75, 3.05) is 5.75 Å². The van der Waals surface area contributed by atoms with Crippen LogP contribution in [0.25, 0.3) is 0 Å². The van der Waals surface area contributed by atoms with Gasteiger partial charge in [0.1, 0.15) is 5.03 Å². The topological polar surface area (TPSA) is 118 Å². The van der Waals surface area contributed by atoms with Crippen LogP contribution in [0.3, 0.4) is 0 Å². The Morgan fingerprint density at radius 3 is 2.29 bits per heavy atom. The number of ether oxygens (including phenoxy) is 2. The van der Waals surface area contributed by atoms with Crippen molar-refractivity contribution >= 4 is 23.6 Å². The molecule has 1 fully saturated rings. The molecule has 3 N–H and O–H groups in total. The van der Waals surface area contributed by atoms with Gasteiger partial charge in [-0.3, -0.25) is 4.79 Å². The van der Waals surface area contributed by atoms with E-state index in [2.05, 4.69) is 10.3 Å². The van der Waals surface area contributed by atoms with Crippen molar-refractivity contribution in [2.24, 2.45) is 0 Å². The molecule has 1 aliphatic heterocycles. The first-order chi connectivity index (χ1) is 20.0. The number of aliphatic hydroxyl groups is 1. The molecule has 1 aliphatic rings. The summed E-state index contributed by atoms with van der Waals surface area (Å²) in [6.45, 7) is 0.348. The zero-order valence-corrected chi connectivity index (χ0v) is 23.0. The standard InChI is InChI=1S/C32H30N2O6S/c35-19-22-10-12-23(13-11-22)28-17-26(20-41-30-27(31(37)38)7-4-16-33-30)39-32(40-28)25-14-8-21(9-15-25)18-34-29(36)24-5-2-1-3-6-24/h1-16,26,28,32,35H,17-20H2,(H,34,36)(H,37,38). The molecular weight excluding hydrogens is 540 g/mol. The van der Waals surface area contributed by atoms with E-state index in [-0.39, 0.29) is 30.3 Å². The number of aromatic nitrogens is 1. The quantitative estimate of drug-likeness (QED) is 0.213. The predicted octanol–water partition coefficient (Wildman–Crippen LogP) is 5.54. The number of carboxylic acids is 1. The number of aliphatic hydroxyl groups excluding tert-OH is 1. The second-order valence-corrected chi connectivity index (χ2v) is 10.6. The number of thioether (sulfide) groups is 1. The lowest BCUT2D eigenvalue weighted by Gasteiger charge is -2.36. The van der Waals surface area contributed by atoms with Crippen molar-refractivity contribution in [3.8, 4) is 0 Å². The van der Waals surface area contributed by atoms with Crippen LogP contribution in [0.5, 0.6) is 0 Å². The molecule has 1 amide bonds. The first-order valence-electron chi connectivity index (χ1n) is 13.2. The molecule has 41 heavy (non-hydrogen) atoms. The molecule has 5 rings (SSSR count). The number of hydrogen-bond acceptors (Lipinski definition) is 7. The Bertz CT molecular complexity index is 1460. The summed E-state index contributed by atoms with van der Waals surface area (Å²) in [6, 6.07) is 27.6. The average molecular weight is 571 g/mol. The highest BCUT2D eigenvalue weighted by Gasteiger charge is 2.32. The first-order valence-corrected chi connectivity index (χ1v) is 14.2. The molecule has 4 aromatic rings. The number of nitrogens with one attached hydrogen (secondary N) is 1. The van der Waals surface area contributed by atoms with Gasteiger partial charge in [-0.15, -0.1) is 11.8 Å². The van der Waals surface area contributed by atoms with Gasteiger partial charge >= 0.3 is 5.97 Å². The van der Waals surface area contributed by atoms with Crippen LogP contribution in [-0.4, -0.2) is 38.9 Å². The summed E-state index contributed by atoms with van der Waals surface area (Å²) in [7, 11) is 0. The van der Waals surface area contributed by atoms with Gasteiger partial charge in [-0.2, -0.15) is 0 Å². The lowest BCUT2D eigenvalue weighted by Crippen LogP contribution is -2.31. The van der Waals surface area contributed by atoms with Crippen LogP contribution in [0.4, 0.5) is 0 Å². The van der Waals surface area contributed by atoms with Gasteiger partial charge in [0.05, 0.1) is 24.4 Å². The zero-order chi connectivity index (χ0) is 28.6. The molecule has 0 bridgehead atoms. The molecule has 1 aromatic heterocycles.